The van der Waals surface area contributed by atoms with Gasteiger partial charge in [-0.3, -0.25) is 14.9 Å². The second-order valence-corrected chi connectivity index (χ2v) is 13.4. The molecule has 3 aromatic carbocycles. The third-order valence-corrected chi connectivity index (χ3v) is 9.21. The number of esters is 1. The molecule has 1 heterocycles. The lowest BCUT2D eigenvalue weighted by Crippen LogP contribution is -2.52. The molecule has 1 aliphatic heterocycles. The standard InChI is InChI=1S/C37H49N3O7/c1-30-11-13-33(14-12-30)27-39(3,26-32-8-5-4-6-9-32)24-25-45-37(42)47-29-46-36(41)10-7-21-40(22-19-31(2)20-23-40)28-34-15-17-35(18-16-34)38(43)44/h4-6,8-9,11-18,31H,7,10,19-29H2,1-3H3/q+2. The van der Waals surface area contributed by atoms with Crippen molar-refractivity contribution < 1.29 is 37.7 Å². The van der Waals surface area contributed by atoms with Crippen LogP contribution in [0.4, 0.5) is 10.5 Å². The van der Waals surface area contributed by atoms with Crippen molar-refractivity contribution in [1.29, 1.82) is 0 Å². The minimum atomic E-state index is -0.866. The SMILES string of the molecule is Cc1ccc(C[N+](C)(CCOC(=O)OCOC(=O)CCC[N+]2(Cc3ccc([N+](=O)[O-])cc3)CCC(C)CC2)Cc2ccccc2)cc1. The summed E-state index contributed by atoms with van der Waals surface area (Å²) in [6, 6.07) is 25.5. The fourth-order valence-corrected chi connectivity index (χ4v) is 6.35. The van der Waals surface area contributed by atoms with Gasteiger partial charge >= 0.3 is 12.1 Å². The zero-order valence-electron chi connectivity index (χ0n) is 28.0. The van der Waals surface area contributed by atoms with Crippen LogP contribution in [0.25, 0.3) is 0 Å². The molecule has 0 amide bonds. The second-order valence-electron chi connectivity index (χ2n) is 13.4. The number of nitrogens with zero attached hydrogens (tertiary/aromatic N) is 3. The number of likely N-dealkylation sites (N-methyl/N-ethyl adjacent to an activating group) is 1. The molecule has 3 aromatic rings. The van der Waals surface area contributed by atoms with Crippen molar-refractivity contribution in [2.24, 2.45) is 5.92 Å². The molecular formula is C37H49N3O7+2. The molecule has 1 fully saturated rings. The van der Waals surface area contributed by atoms with Gasteiger partial charge in [-0.1, -0.05) is 67.1 Å². The van der Waals surface area contributed by atoms with Gasteiger partial charge in [0.15, 0.2) is 0 Å². The topological polar surface area (TPSA) is 105 Å². The molecule has 1 atom stereocenters. The van der Waals surface area contributed by atoms with E-state index < -0.39 is 18.9 Å². The highest BCUT2D eigenvalue weighted by Crippen LogP contribution is 2.28. The zero-order chi connectivity index (χ0) is 33.7. The van der Waals surface area contributed by atoms with Gasteiger partial charge in [-0.2, -0.15) is 0 Å². The Bertz CT molecular complexity index is 1440. The Kier molecular flexibility index (Phi) is 12.9. The molecule has 0 saturated carbocycles. The van der Waals surface area contributed by atoms with Gasteiger partial charge in [0.05, 0.1) is 38.0 Å². The number of ether oxygens (including phenoxy) is 3. The summed E-state index contributed by atoms with van der Waals surface area (Å²) in [6.07, 6.45) is 2.17. The molecule has 10 heteroatoms. The molecule has 252 valence electrons. The van der Waals surface area contributed by atoms with Crippen LogP contribution in [0.5, 0.6) is 0 Å². The summed E-state index contributed by atoms with van der Waals surface area (Å²) in [5, 5.41) is 11.0. The van der Waals surface area contributed by atoms with Gasteiger partial charge in [0, 0.05) is 35.2 Å². The van der Waals surface area contributed by atoms with Crippen LogP contribution in [0.1, 0.15) is 54.9 Å². The van der Waals surface area contributed by atoms with Crippen molar-refractivity contribution in [1.82, 2.24) is 0 Å². The van der Waals surface area contributed by atoms with E-state index in [2.05, 4.69) is 57.3 Å². The lowest BCUT2D eigenvalue weighted by atomic mass is 9.95. The van der Waals surface area contributed by atoms with Crippen LogP contribution in [0, 0.1) is 23.0 Å². The minimum absolute atomic E-state index is 0.0835. The van der Waals surface area contributed by atoms with E-state index in [1.54, 1.807) is 12.1 Å². The molecule has 1 saturated heterocycles. The summed E-state index contributed by atoms with van der Waals surface area (Å²) < 4.78 is 17.1. The molecule has 0 bridgehead atoms. The lowest BCUT2D eigenvalue weighted by molar-refractivity contribution is -0.946. The number of quaternary nitrogens is 2. The van der Waals surface area contributed by atoms with E-state index in [4.69, 9.17) is 14.2 Å². The van der Waals surface area contributed by atoms with Gasteiger partial charge < -0.3 is 23.2 Å². The molecular weight excluding hydrogens is 598 g/mol. The number of rotatable bonds is 16. The Labute approximate surface area is 278 Å². The molecule has 1 aliphatic rings. The monoisotopic (exact) mass is 647 g/mol. The van der Waals surface area contributed by atoms with E-state index >= 15 is 0 Å². The van der Waals surface area contributed by atoms with Crippen LogP contribution in [0.3, 0.4) is 0 Å². The maximum absolute atomic E-state index is 12.5. The van der Waals surface area contributed by atoms with Gasteiger partial charge in [0.1, 0.15) is 32.8 Å². The highest BCUT2D eigenvalue weighted by Gasteiger charge is 2.33. The number of carbonyl (C=O) groups is 2. The first kappa shape index (κ1) is 35.6. The van der Waals surface area contributed by atoms with E-state index in [1.807, 2.05) is 30.3 Å². The molecule has 0 aromatic heterocycles. The predicted octanol–water partition coefficient (Wildman–Crippen LogP) is 6.93. The number of benzene rings is 3. The fraction of sp³-hybridized carbons (Fsp3) is 0.459. The number of aryl methyl sites for hydroxylation is 1. The Balaban J connectivity index is 1.19. The summed E-state index contributed by atoms with van der Waals surface area (Å²) in [6.45, 7) is 9.69. The normalized spacial score (nSPS) is 18.9. The number of hydrogen-bond acceptors (Lipinski definition) is 7. The molecule has 47 heavy (non-hydrogen) atoms. The Hall–Kier alpha value is -4.28. The Morgan fingerprint density at radius 2 is 1.49 bits per heavy atom. The van der Waals surface area contributed by atoms with Gasteiger partial charge in [0.2, 0.25) is 6.79 Å². The number of nitro groups is 1. The zero-order valence-corrected chi connectivity index (χ0v) is 28.0. The molecule has 10 nitrogen and oxygen atoms in total. The maximum atomic E-state index is 12.5. The van der Waals surface area contributed by atoms with Crippen molar-refractivity contribution in [3.05, 3.63) is 111 Å². The second kappa shape index (κ2) is 17.0. The third-order valence-electron chi connectivity index (χ3n) is 9.21. The predicted molar refractivity (Wildman–Crippen MR) is 179 cm³/mol. The summed E-state index contributed by atoms with van der Waals surface area (Å²) >= 11 is 0. The van der Waals surface area contributed by atoms with Crippen LogP contribution >= 0.6 is 0 Å². The van der Waals surface area contributed by atoms with Crippen molar-refractivity contribution in [3.8, 4) is 0 Å². The van der Waals surface area contributed by atoms with Gasteiger partial charge in [-0.15, -0.1) is 0 Å². The molecule has 1 unspecified atom stereocenters. The van der Waals surface area contributed by atoms with Gasteiger partial charge in [0.25, 0.3) is 5.69 Å². The number of hydrogen-bond donors (Lipinski definition) is 0. The fourth-order valence-electron chi connectivity index (χ4n) is 6.35. The van der Waals surface area contributed by atoms with Crippen LogP contribution in [-0.2, 0) is 38.6 Å². The largest absolute Gasteiger partial charge is 0.511 e. The Morgan fingerprint density at radius 1 is 0.872 bits per heavy atom. The van der Waals surface area contributed by atoms with E-state index in [-0.39, 0.29) is 23.6 Å². The minimum Gasteiger partial charge on any atom is -0.428 e. The lowest BCUT2D eigenvalue weighted by Gasteiger charge is -2.43. The maximum Gasteiger partial charge on any atom is 0.511 e. The van der Waals surface area contributed by atoms with Crippen LogP contribution in [0.15, 0.2) is 78.9 Å². The van der Waals surface area contributed by atoms with E-state index in [9.17, 15) is 19.7 Å². The van der Waals surface area contributed by atoms with Crippen molar-refractivity contribution >= 4 is 17.8 Å². The summed E-state index contributed by atoms with van der Waals surface area (Å²) in [4.78, 5) is 35.4. The van der Waals surface area contributed by atoms with Crippen LogP contribution in [0.2, 0.25) is 0 Å². The highest BCUT2D eigenvalue weighted by molar-refractivity contribution is 5.69. The molecule has 4 rings (SSSR count). The van der Waals surface area contributed by atoms with E-state index in [0.29, 0.717) is 23.4 Å². The summed E-state index contributed by atoms with van der Waals surface area (Å²) in [5.41, 5.74) is 4.75. The molecule has 0 N–H and O–H groups in total. The number of nitro benzene ring substituents is 1. The van der Waals surface area contributed by atoms with Crippen LogP contribution < -0.4 is 0 Å². The summed E-state index contributed by atoms with van der Waals surface area (Å²) in [5.74, 6) is 0.228. The number of piperidine rings is 1. The van der Waals surface area contributed by atoms with Crippen LogP contribution in [-0.4, -0.2) is 72.6 Å². The highest BCUT2D eigenvalue weighted by atomic mass is 16.8. The first-order chi connectivity index (χ1) is 22.5. The quantitative estimate of drug-likeness (QED) is 0.0546. The van der Waals surface area contributed by atoms with Gasteiger partial charge in [-0.05, 0) is 37.8 Å². The summed E-state index contributed by atoms with van der Waals surface area (Å²) in [7, 11) is 2.14. The van der Waals surface area contributed by atoms with Gasteiger partial charge in [-0.25, -0.2) is 4.79 Å². The van der Waals surface area contributed by atoms with Crippen molar-refractivity contribution in [3.63, 3.8) is 0 Å². The average molecular weight is 648 g/mol. The first-order valence-electron chi connectivity index (χ1n) is 16.5. The molecule has 0 radical (unpaired) electrons. The van der Waals surface area contributed by atoms with E-state index in [0.717, 1.165) is 62.2 Å². The first-order valence-corrected chi connectivity index (χ1v) is 16.5. The Morgan fingerprint density at radius 3 is 2.13 bits per heavy atom. The molecule has 0 spiro atoms. The van der Waals surface area contributed by atoms with Crippen molar-refractivity contribution in [2.45, 2.75) is 59.2 Å². The number of likely N-dealkylation sites (tertiary alicyclic amines) is 1. The van der Waals surface area contributed by atoms with E-state index in [1.165, 1.54) is 16.7 Å². The number of carbonyl (C=O) groups excluding carboxylic acids is 2. The third kappa shape index (κ3) is 11.8. The smallest absolute Gasteiger partial charge is 0.428 e. The average Bonchev–Trinajstić information content (AvgIpc) is 3.04. The molecule has 0 aliphatic carbocycles. The van der Waals surface area contributed by atoms with Crippen molar-refractivity contribution in [2.75, 3.05) is 46.6 Å². The number of non-ortho nitro benzene ring substituents is 1.